The van der Waals surface area contributed by atoms with Gasteiger partial charge in [-0.3, -0.25) is 4.79 Å². The molecule has 1 rings (SSSR count). The molecule has 18 heavy (non-hydrogen) atoms. The Morgan fingerprint density at radius 2 is 2.11 bits per heavy atom. The van der Waals surface area contributed by atoms with E-state index in [1.54, 1.807) is 22.9 Å². The SMILES string of the molecule is CC(C)n1cccc1C(=O)NC(CCO)C(=O)O. The van der Waals surface area contributed by atoms with Crippen LogP contribution in [0.3, 0.4) is 0 Å². The summed E-state index contributed by atoms with van der Waals surface area (Å²) in [7, 11) is 0. The number of hydrogen-bond donors (Lipinski definition) is 3. The van der Waals surface area contributed by atoms with Crippen molar-refractivity contribution in [2.24, 2.45) is 0 Å². The van der Waals surface area contributed by atoms with Gasteiger partial charge in [0, 0.05) is 25.3 Å². The first kappa shape index (κ1) is 14.2. The molecule has 1 amide bonds. The van der Waals surface area contributed by atoms with Crippen molar-refractivity contribution < 1.29 is 19.8 Å². The van der Waals surface area contributed by atoms with E-state index >= 15 is 0 Å². The smallest absolute Gasteiger partial charge is 0.326 e. The van der Waals surface area contributed by atoms with Crippen LogP contribution in [0.4, 0.5) is 0 Å². The molecular formula is C12H18N2O4. The van der Waals surface area contributed by atoms with Gasteiger partial charge in [0.1, 0.15) is 11.7 Å². The number of carboxylic acids is 1. The lowest BCUT2D eigenvalue weighted by Gasteiger charge is -2.16. The Balaban J connectivity index is 2.80. The number of carboxylic acid groups (broad SMARTS) is 1. The fourth-order valence-corrected chi connectivity index (χ4v) is 1.66. The molecule has 0 saturated carbocycles. The van der Waals surface area contributed by atoms with Crippen molar-refractivity contribution in [3.05, 3.63) is 24.0 Å². The van der Waals surface area contributed by atoms with Gasteiger partial charge in [-0.15, -0.1) is 0 Å². The molecule has 0 aliphatic rings. The predicted molar refractivity (Wildman–Crippen MR) is 65.4 cm³/mol. The molecule has 0 fully saturated rings. The number of amides is 1. The first-order valence-corrected chi connectivity index (χ1v) is 5.78. The number of rotatable bonds is 6. The summed E-state index contributed by atoms with van der Waals surface area (Å²) < 4.78 is 1.76. The third kappa shape index (κ3) is 3.33. The van der Waals surface area contributed by atoms with Gasteiger partial charge in [-0.05, 0) is 26.0 Å². The molecule has 6 heteroatoms. The van der Waals surface area contributed by atoms with E-state index in [0.717, 1.165) is 0 Å². The summed E-state index contributed by atoms with van der Waals surface area (Å²) >= 11 is 0. The molecule has 0 spiro atoms. The molecule has 0 saturated heterocycles. The van der Waals surface area contributed by atoms with E-state index < -0.39 is 17.9 Å². The summed E-state index contributed by atoms with van der Waals surface area (Å²) in [6, 6.07) is 2.41. The number of aliphatic carboxylic acids is 1. The molecule has 100 valence electrons. The highest BCUT2D eigenvalue weighted by molar-refractivity contribution is 5.95. The highest BCUT2D eigenvalue weighted by Gasteiger charge is 2.21. The van der Waals surface area contributed by atoms with E-state index in [1.807, 2.05) is 13.8 Å². The Labute approximate surface area is 105 Å². The Kier molecular flexibility index (Phi) is 4.91. The maximum absolute atomic E-state index is 11.9. The average Bonchev–Trinajstić information content (AvgIpc) is 2.77. The zero-order valence-corrected chi connectivity index (χ0v) is 10.5. The second-order valence-electron chi connectivity index (χ2n) is 4.27. The van der Waals surface area contributed by atoms with E-state index in [0.29, 0.717) is 5.69 Å². The molecule has 0 radical (unpaired) electrons. The molecule has 0 aliphatic carbocycles. The lowest BCUT2D eigenvalue weighted by atomic mass is 10.2. The molecular weight excluding hydrogens is 236 g/mol. The van der Waals surface area contributed by atoms with Gasteiger partial charge in [-0.1, -0.05) is 0 Å². The number of aliphatic hydroxyl groups excluding tert-OH is 1. The molecule has 6 nitrogen and oxygen atoms in total. The molecule has 0 aromatic carbocycles. The summed E-state index contributed by atoms with van der Waals surface area (Å²) in [5.41, 5.74) is 0.411. The number of carbonyl (C=O) groups excluding carboxylic acids is 1. The van der Waals surface area contributed by atoms with Crippen LogP contribution in [0, 0.1) is 0 Å². The van der Waals surface area contributed by atoms with Gasteiger partial charge >= 0.3 is 5.97 Å². The average molecular weight is 254 g/mol. The summed E-state index contributed by atoms with van der Waals surface area (Å²) in [5.74, 6) is -1.60. The largest absolute Gasteiger partial charge is 0.480 e. The van der Waals surface area contributed by atoms with Crippen molar-refractivity contribution in [1.29, 1.82) is 0 Å². The Morgan fingerprint density at radius 3 is 2.61 bits per heavy atom. The zero-order chi connectivity index (χ0) is 13.7. The van der Waals surface area contributed by atoms with Crippen LogP contribution in [0.2, 0.25) is 0 Å². The second-order valence-corrected chi connectivity index (χ2v) is 4.27. The Morgan fingerprint density at radius 1 is 1.44 bits per heavy atom. The van der Waals surface area contributed by atoms with Crippen LogP contribution < -0.4 is 5.32 Å². The van der Waals surface area contributed by atoms with Gasteiger partial charge in [0.05, 0.1) is 0 Å². The number of hydrogen-bond acceptors (Lipinski definition) is 3. The lowest BCUT2D eigenvalue weighted by Crippen LogP contribution is -2.42. The summed E-state index contributed by atoms with van der Waals surface area (Å²) in [6.07, 6.45) is 1.75. The Bertz CT molecular complexity index is 425. The monoisotopic (exact) mass is 254 g/mol. The second kappa shape index (κ2) is 6.20. The fraction of sp³-hybridized carbons (Fsp3) is 0.500. The minimum Gasteiger partial charge on any atom is -0.480 e. The van der Waals surface area contributed by atoms with Gasteiger partial charge in [-0.2, -0.15) is 0 Å². The minimum atomic E-state index is -1.15. The van der Waals surface area contributed by atoms with Crippen LogP contribution in [0.25, 0.3) is 0 Å². The maximum Gasteiger partial charge on any atom is 0.326 e. The fourth-order valence-electron chi connectivity index (χ4n) is 1.66. The van der Waals surface area contributed by atoms with E-state index in [-0.39, 0.29) is 19.1 Å². The first-order valence-electron chi connectivity index (χ1n) is 5.78. The molecule has 1 aromatic rings. The van der Waals surface area contributed by atoms with E-state index in [4.69, 9.17) is 10.2 Å². The number of carbonyl (C=O) groups is 2. The Hall–Kier alpha value is -1.82. The number of aliphatic hydroxyl groups is 1. The van der Waals surface area contributed by atoms with E-state index in [1.165, 1.54) is 0 Å². The van der Waals surface area contributed by atoms with E-state index in [9.17, 15) is 9.59 Å². The number of nitrogens with one attached hydrogen (secondary N) is 1. The summed E-state index contributed by atoms with van der Waals surface area (Å²) in [5, 5.41) is 20.0. The lowest BCUT2D eigenvalue weighted by molar-refractivity contribution is -0.139. The van der Waals surface area contributed by atoms with Gasteiger partial charge in [0.25, 0.3) is 5.91 Å². The maximum atomic E-state index is 11.9. The number of aromatic nitrogens is 1. The first-order chi connectivity index (χ1) is 8.47. The van der Waals surface area contributed by atoms with Crippen molar-refractivity contribution in [3.8, 4) is 0 Å². The van der Waals surface area contributed by atoms with Crippen molar-refractivity contribution in [1.82, 2.24) is 9.88 Å². The number of nitrogens with zero attached hydrogens (tertiary/aromatic N) is 1. The van der Waals surface area contributed by atoms with Gasteiger partial charge < -0.3 is 20.1 Å². The highest BCUT2D eigenvalue weighted by atomic mass is 16.4. The van der Waals surface area contributed by atoms with Gasteiger partial charge in [0.15, 0.2) is 0 Å². The van der Waals surface area contributed by atoms with E-state index in [2.05, 4.69) is 5.32 Å². The molecule has 3 N–H and O–H groups in total. The molecule has 1 heterocycles. The predicted octanol–water partition coefficient (Wildman–Crippen LogP) is 0.634. The molecule has 1 unspecified atom stereocenters. The topological polar surface area (TPSA) is 91.6 Å². The summed E-state index contributed by atoms with van der Waals surface area (Å²) in [6.45, 7) is 3.57. The third-order valence-corrected chi connectivity index (χ3v) is 2.59. The van der Waals surface area contributed by atoms with Crippen LogP contribution in [0.5, 0.6) is 0 Å². The van der Waals surface area contributed by atoms with Crippen LogP contribution in [0.1, 0.15) is 36.8 Å². The van der Waals surface area contributed by atoms with Crippen molar-refractivity contribution in [2.75, 3.05) is 6.61 Å². The quantitative estimate of drug-likeness (QED) is 0.694. The standard InChI is InChI=1S/C12H18N2O4/c1-8(2)14-6-3-4-10(14)11(16)13-9(5-7-15)12(17)18/h3-4,6,8-9,15H,5,7H2,1-2H3,(H,13,16)(H,17,18). The normalized spacial score (nSPS) is 12.4. The molecule has 0 aliphatic heterocycles. The van der Waals surface area contributed by atoms with Crippen LogP contribution in [-0.4, -0.2) is 39.3 Å². The van der Waals surface area contributed by atoms with Crippen LogP contribution >= 0.6 is 0 Å². The van der Waals surface area contributed by atoms with Crippen LogP contribution in [0.15, 0.2) is 18.3 Å². The van der Waals surface area contributed by atoms with Gasteiger partial charge in [0.2, 0.25) is 0 Å². The molecule has 1 atom stereocenters. The van der Waals surface area contributed by atoms with Crippen LogP contribution in [-0.2, 0) is 4.79 Å². The van der Waals surface area contributed by atoms with Crippen molar-refractivity contribution in [3.63, 3.8) is 0 Å². The summed E-state index contributed by atoms with van der Waals surface area (Å²) in [4.78, 5) is 22.8. The molecule has 1 aromatic heterocycles. The van der Waals surface area contributed by atoms with Crippen molar-refractivity contribution in [2.45, 2.75) is 32.4 Å². The third-order valence-electron chi connectivity index (χ3n) is 2.59. The highest BCUT2D eigenvalue weighted by Crippen LogP contribution is 2.11. The molecule has 0 bridgehead atoms. The van der Waals surface area contributed by atoms with Crippen molar-refractivity contribution >= 4 is 11.9 Å². The minimum absolute atomic E-state index is 0.0105. The zero-order valence-electron chi connectivity index (χ0n) is 10.5. The van der Waals surface area contributed by atoms with Gasteiger partial charge in [-0.25, -0.2) is 4.79 Å².